The Morgan fingerprint density at radius 3 is 2.74 bits per heavy atom. The normalized spacial score (nSPS) is 25.6. The van der Waals surface area contributed by atoms with Gasteiger partial charge in [0.1, 0.15) is 0 Å². The molecule has 1 aromatic carbocycles. The van der Waals surface area contributed by atoms with E-state index in [1.54, 1.807) is 7.11 Å². The van der Waals surface area contributed by atoms with Crippen LogP contribution in [0.15, 0.2) is 24.3 Å². The zero-order chi connectivity index (χ0) is 12.9. The second kappa shape index (κ2) is 3.92. The lowest BCUT2D eigenvalue weighted by atomic mass is 9.63. The topological polar surface area (TPSA) is 27.7 Å². The molecule has 3 aliphatic rings. The maximum Gasteiger partial charge on any atom is 0.231 e. The summed E-state index contributed by atoms with van der Waals surface area (Å²) in [5, 5.41) is 0. The van der Waals surface area contributed by atoms with Crippen molar-refractivity contribution in [1.82, 2.24) is 0 Å². The average Bonchev–Trinajstić information content (AvgIpc) is 3.06. The van der Waals surface area contributed by atoms with Crippen molar-refractivity contribution in [1.29, 1.82) is 0 Å². The van der Waals surface area contributed by atoms with Crippen molar-refractivity contribution in [3.05, 3.63) is 29.8 Å². The van der Waals surface area contributed by atoms with Gasteiger partial charge in [0.15, 0.2) is 11.5 Å². The summed E-state index contributed by atoms with van der Waals surface area (Å²) in [7, 11) is 1.68. The number of hydrogen-bond donors (Lipinski definition) is 0. The Morgan fingerprint density at radius 2 is 2.05 bits per heavy atom. The number of ether oxygens (including phenoxy) is 3. The number of hydrogen-bond acceptors (Lipinski definition) is 3. The predicted octanol–water partition coefficient (Wildman–Crippen LogP) is 3.64. The molecule has 0 bridgehead atoms. The van der Waals surface area contributed by atoms with Crippen LogP contribution in [0.4, 0.5) is 0 Å². The molecule has 100 valence electrons. The first-order valence-corrected chi connectivity index (χ1v) is 6.99. The minimum Gasteiger partial charge on any atom is -0.493 e. The fourth-order valence-corrected chi connectivity index (χ4v) is 3.75. The van der Waals surface area contributed by atoms with Gasteiger partial charge in [-0.2, -0.15) is 0 Å². The molecule has 1 aliphatic heterocycles. The van der Waals surface area contributed by atoms with E-state index < -0.39 is 0 Å². The van der Waals surface area contributed by atoms with Gasteiger partial charge in [-0.25, -0.2) is 0 Å². The van der Waals surface area contributed by atoms with Crippen molar-refractivity contribution in [2.45, 2.75) is 31.6 Å². The molecule has 0 amide bonds. The first kappa shape index (κ1) is 11.2. The Bertz CT molecular complexity index is 541. The number of methoxy groups -OCH3 is 1. The molecule has 1 spiro atoms. The van der Waals surface area contributed by atoms with E-state index in [0.717, 1.165) is 17.2 Å². The van der Waals surface area contributed by atoms with E-state index in [0.29, 0.717) is 18.1 Å². The molecule has 0 N–H and O–H groups in total. The molecule has 1 atom stereocenters. The number of fused-ring (bicyclic) bond motifs is 1. The summed E-state index contributed by atoms with van der Waals surface area (Å²) in [6.45, 7) is 0.292. The fraction of sp³-hybridized carbons (Fsp3) is 0.500. The van der Waals surface area contributed by atoms with Crippen molar-refractivity contribution >= 4 is 0 Å². The third-order valence-electron chi connectivity index (χ3n) is 4.81. The highest BCUT2D eigenvalue weighted by atomic mass is 16.7. The van der Waals surface area contributed by atoms with Crippen LogP contribution in [0.2, 0.25) is 0 Å². The van der Waals surface area contributed by atoms with Crippen LogP contribution in [0.25, 0.3) is 0 Å². The molecule has 3 heteroatoms. The minimum absolute atomic E-state index is 0.292. The third-order valence-corrected chi connectivity index (χ3v) is 4.81. The lowest BCUT2D eigenvalue weighted by Gasteiger charge is -2.41. The lowest BCUT2D eigenvalue weighted by Crippen LogP contribution is -2.29. The largest absolute Gasteiger partial charge is 0.493 e. The predicted molar refractivity (Wildman–Crippen MR) is 71.9 cm³/mol. The van der Waals surface area contributed by atoms with Crippen LogP contribution < -0.4 is 14.2 Å². The summed E-state index contributed by atoms with van der Waals surface area (Å²) in [6.07, 6.45) is 10.0. The zero-order valence-electron chi connectivity index (χ0n) is 11.1. The molecule has 3 nitrogen and oxygen atoms in total. The van der Waals surface area contributed by atoms with E-state index in [1.165, 1.54) is 31.2 Å². The molecule has 0 radical (unpaired) electrons. The van der Waals surface area contributed by atoms with Gasteiger partial charge >= 0.3 is 0 Å². The second-order valence-electron chi connectivity index (χ2n) is 5.73. The van der Waals surface area contributed by atoms with Crippen LogP contribution in [-0.2, 0) is 0 Å². The highest BCUT2D eigenvalue weighted by Gasteiger charge is 2.44. The van der Waals surface area contributed by atoms with Crippen molar-refractivity contribution < 1.29 is 14.2 Å². The maximum absolute atomic E-state index is 5.53. The number of rotatable bonds is 2. The molecule has 1 heterocycles. The van der Waals surface area contributed by atoms with Crippen LogP contribution in [-0.4, -0.2) is 13.9 Å². The van der Waals surface area contributed by atoms with Crippen molar-refractivity contribution in [3.8, 4) is 17.2 Å². The molecule has 1 fully saturated rings. The maximum atomic E-state index is 5.53. The van der Waals surface area contributed by atoms with E-state index in [-0.39, 0.29) is 0 Å². The Kier molecular flexibility index (Phi) is 2.32. The smallest absolute Gasteiger partial charge is 0.231 e. The lowest BCUT2D eigenvalue weighted by molar-refractivity contribution is 0.171. The first-order chi connectivity index (χ1) is 9.32. The summed E-state index contributed by atoms with van der Waals surface area (Å²) in [6, 6.07) is 4.24. The Hall–Kier alpha value is -1.64. The zero-order valence-corrected chi connectivity index (χ0v) is 11.1. The molecule has 4 rings (SSSR count). The first-order valence-electron chi connectivity index (χ1n) is 6.99. The van der Waals surface area contributed by atoms with Crippen molar-refractivity contribution in [2.75, 3.05) is 13.9 Å². The summed E-state index contributed by atoms with van der Waals surface area (Å²) in [4.78, 5) is 0. The monoisotopic (exact) mass is 258 g/mol. The molecule has 0 aromatic heterocycles. The Labute approximate surface area is 113 Å². The molecule has 0 saturated heterocycles. The highest BCUT2D eigenvalue weighted by molar-refractivity contribution is 5.57. The van der Waals surface area contributed by atoms with Crippen LogP contribution >= 0.6 is 0 Å². The number of benzene rings is 1. The molecule has 2 aliphatic carbocycles. The Morgan fingerprint density at radius 1 is 1.21 bits per heavy atom. The van der Waals surface area contributed by atoms with E-state index in [4.69, 9.17) is 14.2 Å². The van der Waals surface area contributed by atoms with E-state index >= 15 is 0 Å². The summed E-state index contributed by atoms with van der Waals surface area (Å²) >= 11 is 0. The number of allylic oxidation sites excluding steroid dienone is 2. The third kappa shape index (κ3) is 1.50. The van der Waals surface area contributed by atoms with Crippen molar-refractivity contribution in [3.63, 3.8) is 0 Å². The van der Waals surface area contributed by atoms with Gasteiger partial charge < -0.3 is 14.2 Å². The van der Waals surface area contributed by atoms with Crippen LogP contribution in [0.1, 0.15) is 37.2 Å². The fourth-order valence-electron chi connectivity index (χ4n) is 3.75. The quantitative estimate of drug-likeness (QED) is 0.758. The van der Waals surface area contributed by atoms with Crippen LogP contribution in [0.5, 0.6) is 17.2 Å². The van der Waals surface area contributed by atoms with E-state index in [2.05, 4.69) is 24.3 Å². The van der Waals surface area contributed by atoms with E-state index in [9.17, 15) is 0 Å². The highest BCUT2D eigenvalue weighted by Crippen LogP contribution is 2.58. The van der Waals surface area contributed by atoms with Gasteiger partial charge in [0.2, 0.25) is 12.5 Å². The molecular formula is C16H18O3. The summed E-state index contributed by atoms with van der Waals surface area (Å²) in [5.74, 6) is 2.87. The summed E-state index contributed by atoms with van der Waals surface area (Å²) in [5.41, 5.74) is 1.70. The molecule has 1 unspecified atom stereocenters. The molecule has 1 saturated carbocycles. The average molecular weight is 258 g/mol. The standard InChI is InChI=1S/C16H18O3/c1-17-13-8-11(9-14-15(13)19-10-18-14)12-4-7-16(12)5-2-3-6-16/h4,7-9,12H,2-3,5-6,10H2,1H3. The van der Waals surface area contributed by atoms with Gasteiger partial charge in [-0.1, -0.05) is 25.0 Å². The van der Waals surface area contributed by atoms with Gasteiger partial charge in [-0.05, 0) is 36.0 Å². The van der Waals surface area contributed by atoms with Gasteiger partial charge in [0.25, 0.3) is 0 Å². The SMILES string of the molecule is COc1cc(C2C=CC23CCCC3)cc2c1OCO2. The van der Waals surface area contributed by atoms with Gasteiger partial charge in [-0.15, -0.1) is 0 Å². The van der Waals surface area contributed by atoms with Crippen LogP contribution in [0, 0.1) is 5.41 Å². The van der Waals surface area contributed by atoms with Gasteiger partial charge in [0, 0.05) is 5.92 Å². The van der Waals surface area contributed by atoms with Crippen molar-refractivity contribution in [2.24, 2.45) is 5.41 Å². The van der Waals surface area contributed by atoms with Crippen LogP contribution in [0.3, 0.4) is 0 Å². The van der Waals surface area contributed by atoms with E-state index in [1.807, 2.05) is 0 Å². The molecule has 19 heavy (non-hydrogen) atoms. The Balaban J connectivity index is 1.74. The molecular weight excluding hydrogens is 240 g/mol. The second-order valence-corrected chi connectivity index (χ2v) is 5.73. The summed E-state index contributed by atoms with van der Waals surface area (Å²) < 4.78 is 16.4. The molecule has 1 aromatic rings. The minimum atomic E-state index is 0.292. The van der Waals surface area contributed by atoms with Gasteiger partial charge in [0.05, 0.1) is 7.11 Å². The van der Waals surface area contributed by atoms with Gasteiger partial charge in [-0.3, -0.25) is 0 Å².